The van der Waals surface area contributed by atoms with Gasteiger partial charge in [0.25, 0.3) is 5.91 Å². The van der Waals surface area contributed by atoms with E-state index >= 15 is 0 Å². The van der Waals surface area contributed by atoms with Crippen molar-refractivity contribution < 1.29 is 14.3 Å². The molecule has 0 saturated carbocycles. The van der Waals surface area contributed by atoms with Crippen LogP contribution in [0.15, 0.2) is 60.7 Å². The first-order valence-electron chi connectivity index (χ1n) is 7.76. The first-order chi connectivity index (χ1) is 11.7. The SMILES string of the molecule is CSCCC(NC(=O)c1ccccc1)C(=O)OCc1ccccc1. The second-order valence-electron chi connectivity index (χ2n) is 5.27. The fraction of sp³-hybridized carbons (Fsp3) is 0.263. The van der Waals surface area contributed by atoms with Crippen molar-refractivity contribution >= 4 is 23.6 Å². The molecule has 5 heteroatoms. The van der Waals surface area contributed by atoms with Crippen LogP contribution in [0, 0.1) is 0 Å². The number of hydrogen-bond acceptors (Lipinski definition) is 4. The topological polar surface area (TPSA) is 55.4 Å². The van der Waals surface area contributed by atoms with E-state index < -0.39 is 12.0 Å². The Balaban J connectivity index is 1.96. The van der Waals surface area contributed by atoms with Crippen LogP contribution in [-0.4, -0.2) is 29.9 Å². The number of ether oxygens (including phenoxy) is 1. The average Bonchev–Trinajstić information content (AvgIpc) is 2.64. The summed E-state index contributed by atoms with van der Waals surface area (Å²) >= 11 is 1.63. The van der Waals surface area contributed by atoms with Crippen molar-refractivity contribution in [3.63, 3.8) is 0 Å². The predicted molar refractivity (Wildman–Crippen MR) is 96.9 cm³/mol. The second-order valence-corrected chi connectivity index (χ2v) is 6.25. The molecule has 0 aliphatic carbocycles. The Morgan fingerprint density at radius 1 is 1.04 bits per heavy atom. The van der Waals surface area contributed by atoms with E-state index in [2.05, 4.69) is 5.32 Å². The van der Waals surface area contributed by atoms with E-state index in [0.717, 1.165) is 11.3 Å². The molecule has 0 fully saturated rings. The summed E-state index contributed by atoms with van der Waals surface area (Å²) in [6.07, 6.45) is 2.50. The Kier molecular flexibility index (Phi) is 7.36. The summed E-state index contributed by atoms with van der Waals surface area (Å²) in [5.41, 5.74) is 1.45. The lowest BCUT2D eigenvalue weighted by atomic mass is 10.1. The smallest absolute Gasteiger partial charge is 0.329 e. The summed E-state index contributed by atoms with van der Waals surface area (Å²) < 4.78 is 5.36. The van der Waals surface area contributed by atoms with Crippen molar-refractivity contribution in [1.82, 2.24) is 5.32 Å². The van der Waals surface area contributed by atoms with Gasteiger partial charge in [0.15, 0.2) is 0 Å². The molecule has 126 valence electrons. The summed E-state index contributed by atoms with van der Waals surface area (Å²) in [4.78, 5) is 24.6. The Bertz CT molecular complexity index is 646. The van der Waals surface area contributed by atoms with Gasteiger partial charge in [-0.05, 0) is 36.1 Å². The van der Waals surface area contributed by atoms with Crippen LogP contribution in [-0.2, 0) is 16.1 Å². The fourth-order valence-electron chi connectivity index (χ4n) is 2.15. The van der Waals surface area contributed by atoms with Crippen molar-refractivity contribution in [2.45, 2.75) is 19.1 Å². The quantitative estimate of drug-likeness (QED) is 0.748. The van der Waals surface area contributed by atoms with Crippen LogP contribution in [0.2, 0.25) is 0 Å². The van der Waals surface area contributed by atoms with Gasteiger partial charge in [-0.3, -0.25) is 4.79 Å². The Labute approximate surface area is 146 Å². The highest BCUT2D eigenvalue weighted by atomic mass is 32.2. The molecule has 2 aromatic carbocycles. The monoisotopic (exact) mass is 343 g/mol. The van der Waals surface area contributed by atoms with E-state index in [-0.39, 0.29) is 12.5 Å². The number of rotatable bonds is 8. The standard InChI is InChI=1S/C19H21NO3S/c1-24-13-12-17(20-18(21)16-10-6-3-7-11-16)19(22)23-14-15-8-4-2-5-9-15/h2-11,17H,12-14H2,1H3,(H,20,21). The van der Waals surface area contributed by atoms with Crippen molar-refractivity contribution in [2.24, 2.45) is 0 Å². The third-order valence-electron chi connectivity index (χ3n) is 3.46. The molecule has 0 saturated heterocycles. The molecule has 1 amide bonds. The molecule has 0 aromatic heterocycles. The molecule has 0 spiro atoms. The van der Waals surface area contributed by atoms with Gasteiger partial charge in [-0.15, -0.1) is 0 Å². The maximum atomic E-state index is 12.3. The molecule has 2 rings (SSSR count). The van der Waals surface area contributed by atoms with Crippen molar-refractivity contribution in [1.29, 1.82) is 0 Å². The van der Waals surface area contributed by atoms with E-state index in [4.69, 9.17) is 4.74 Å². The lowest BCUT2D eigenvalue weighted by Crippen LogP contribution is -2.42. The van der Waals surface area contributed by atoms with Gasteiger partial charge in [0, 0.05) is 5.56 Å². The first-order valence-corrected chi connectivity index (χ1v) is 9.15. The van der Waals surface area contributed by atoms with Gasteiger partial charge in [-0.25, -0.2) is 4.79 Å². The maximum absolute atomic E-state index is 12.3. The van der Waals surface area contributed by atoms with E-state index in [0.29, 0.717) is 12.0 Å². The highest BCUT2D eigenvalue weighted by Crippen LogP contribution is 2.08. The van der Waals surface area contributed by atoms with Crippen molar-refractivity contribution in [2.75, 3.05) is 12.0 Å². The van der Waals surface area contributed by atoms with Crippen LogP contribution in [0.4, 0.5) is 0 Å². The summed E-state index contributed by atoms with van der Waals surface area (Å²) in [6.45, 7) is 0.205. The minimum atomic E-state index is -0.645. The Morgan fingerprint density at radius 3 is 2.29 bits per heavy atom. The summed E-state index contributed by atoms with van der Waals surface area (Å²) in [5, 5.41) is 2.78. The maximum Gasteiger partial charge on any atom is 0.329 e. The minimum absolute atomic E-state index is 0.205. The Hall–Kier alpha value is -2.27. The number of esters is 1. The molecule has 24 heavy (non-hydrogen) atoms. The van der Waals surface area contributed by atoms with Crippen molar-refractivity contribution in [3.8, 4) is 0 Å². The van der Waals surface area contributed by atoms with Gasteiger partial charge in [0.2, 0.25) is 0 Å². The van der Waals surface area contributed by atoms with Gasteiger partial charge >= 0.3 is 5.97 Å². The molecule has 1 unspecified atom stereocenters. The molecular weight excluding hydrogens is 322 g/mol. The van der Waals surface area contributed by atoms with Gasteiger partial charge in [-0.1, -0.05) is 48.5 Å². The van der Waals surface area contributed by atoms with Gasteiger partial charge in [0.1, 0.15) is 12.6 Å². The Morgan fingerprint density at radius 2 is 1.67 bits per heavy atom. The summed E-state index contributed by atoms with van der Waals surface area (Å²) in [5.74, 6) is 0.0933. The van der Waals surface area contributed by atoms with Gasteiger partial charge in [-0.2, -0.15) is 11.8 Å². The van der Waals surface area contributed by atoms with E-state index in [1.54, 1.807) is 36.0 Å². The van der Waals surface area contributed by atoms with Crippen LogP contribution in [0.3, 0.4) is 0 Å². The number of thioether (sulfide) groups is 1. The highest BCUT2D eigenvalue weighted by Gasteiger charge is 2.22. The molecular formula is C19H21NO3S. The van der Waals surface area contributed by atoms with Gasteiger partial charge in [0.05, 0.1) is 0 Å². The van der Waals surface area contributed by atoms with Crippen LogP contribution < -0.4 is 5.32 Å². The number of benzene rings is 2. The van der Waals surface area contributed by atoms with E-state index in [9.17, 15) is 9.59 Å². The zero-order valence-corrected chi connectivity index (χ0v) is 14.4. The van der Waals surface area contributed by atoms with Gasteiger partial charge < -0.3 is 10.1 Å². The third-order valence-corrected chi connectivity index (χ3v) is 4.10. The van der Waals surface area contributed by atoms with E-state index in [1.165, 1.54) is 0 Å². The molecule has 0 bridgehead atoms. The number of hydrogen-bond donors (Lipinski definition) is 1. The van der Waals surface area contributed by atoms with Crippen molar-refractivity contribution in [3.05, 3.63) is 71.8 Å². The van der Waals surface area contributed by atoms with Crippen LogP contribution in [0.5, 0.6) is 0 Å². The summed E-state index contributed by atoms with van der Waals surface area (Å²) in [7, 11) is 0. The number of amides is 1. The molecule has 2 aromatic rings. The zero-order valence-electron chi connectivity index (χ0n) is 13.6. The second kappa shape index (κ2) is 9.78. The van der Waals surface area contributed by atoms with E-state index in [1.807, 2.05) is 42.7 Å². The van der Waals surface area contributed by atoms with Crippen LogP contribution >= 0.6 is 11.8 Å². The lowest BCUT2D eigenvalue weighted by Gasteiger charge is -2.17. The number of carbonyl (C=O) groups is 2. The molecule has 1 N–H and O–H groups in total. The molecule has 0 radical (unpaired) electrons. The molecule has 1 atom stereocenters. The lowest BCUT2D eigenvalue weighted by molar-refractivity contribution is -0.147. The third kappa shape index (κ3) is 5.74. The highest BCUT2D eigenvalue weighted by molar-refractivity contribution is 7.98. The number of nitrogens with one attached hydrogen (secondary N) is 1. The van der Waals surface area contributed by atoms with Crippen LogP contribution in [0.1, 0.15) is 22.3 Å². The normalized spacial score (nSPS) is 11.5. The fourth-order valence-corrected chi connectivity index (χ4v) is 2.62. The molecule has 0 aliphatic rings. The predicted octanol–water partition coefficient (Wildman–Crippen LogP) is 3.28. The molecule has 0 heterocycles. The number of carbonyl (C=O) groups excluding carboxylic acids is 2. The molecule has 4 nitrogen and oxygen atoms in total. The minimum Gasteiger partial charge on any atom is -0.459 e. The largest absolute Gasteiger partial charge is 0.459 e. The van der Waals surface area contributed by atoms with Crippen LogP contribution in [0.25, 0.3) is 0 Å². The zero-order chi connectivity index (χ0) is 17.2. The molecule has 0 aliphatic heterocycles. The first kappa shape index (κ1) is 18.1. The summed E-state index contributed by atoms with van der Waals surface area (Å²) in [6, 6.07) is 17.7. The average molecular weight is 343 g/mol.